The molecule has 2 radical (unpaired) electrons. The first-order valence-electron chi connectivity index (χ1n) is 8.68. The van der Waals surface area contributed by atoms with E-state index in [0.29, 0.717) is 6.61 Å². The van der Waals surface area contributed by atoms with Crippen molar-refractivity contribution in [1.82, 2.24) is 0 Å². The van der Waals surface area contributed by atoms with Gasteiger partial charge in [0.25, 0.3) is 0 Å². The standard InChI is InChI=1S/C17H28NO5S2.2Li/c1-10(19)18-12(15-24-7-6-8-25-15)14-13(22-17(4,5)23-14)11-9-20-16(2,3)21-11;;/h11-14H,6-9H2,1-5H3,(H,18,19);;/q;;+1/p-1/t11-,12-,13-,14-;;/m1../s1. The van der Waals surface area contributed by atoms with Crippen molar-refractivity contribution in [2.45, 2.75) is 77.0 Å². The average molecular weight is 403 g/mol. The molecule has 0 aromatic rings. The maximum atomic E-state index is 11.8. The summed E-state index contributed by atoms with van der Waals surface area (Å²) in [5.74, 6) is 0.509. The molecule has 0 aliphatic carbocycles. The minimum absolute atomic E-state index is 0. The second-order valence-electron chi connectivity index (χ2n) is 7.39. The van der Waals surface area contributed by atoms with Crippen LogP contribution in [0.1, 0.15) is 41.0 Å². The Balaban J connectivity index is 0.00000182. The van der Waals surface area contributed by atoms with E-state index in [1.807, 2.05) is 27.7 Å². The topological polar surface area (TPSA) is 72.3 Å². The maximum Gasteiger partial charge on any atom is 1.00 e. The van der Waals surface area contributed by atoms with E-state index in [1.165, 1.54) is 6.92 Å². The molecule has 0 saturated carbocycles. The summed E-state index contributed by atoms with van der Waals surface area (Å²) in [6, 6.07) is -0.341. The van der Waals surface area contributed by atoms with Crippen LogP contribution in [0, 0.1) is 4.58 Å². The Morgan fingerprint density at radius 3 is 2.26 bits per heavy atom. The molecule has 4 atom stereocenters. The number of hydrogen-bond acceptors (Lipinski definition) is 8. The van der Waals surface area contributed by atoms with Crippen LogP contribution in [0.4, 0.5) is 0 Å². The van der Waals surface area contributed by atoms with Gasteiger partial charge in [0, 0.05) is 18.9 Å². The van der Waals surface area contributed by atoms with Crippen molar-refractivity contribution in [2.75, 3.05) is 18.1 Å². The summed E-state index contributed by atoms with van der Waals surface area (Å²) >= 11 is 3.54. The first kappa shape index (κ1) is 26.2. The molecule has 3 saturated heterocycles. The molecule has 0 aromatic heterocycles. The van der Waals surface area contributed by atoms with Gasteiger partial charge in [-0.25, -0.2) is 0 Å². The van der Waals surface area contributed by atoms with Crippen molar-refractivity contribution in [1.29, 1.82) is 0 Å². The summed E-state index contributed by atoms with van der Waals surface area (Å²) in [6.45, 7) is 9.48. The molecule has 144 valence electrons. The summed E-state index contributed by atoms with van der Waals surface area (Å²) in [5, 5.41) is 11.8. The molecule has 0 unspecified atom stereocenters. The van der Waals surface area contributed by atoms with E-state index in [0.717, 1.165) is 22.5 Å². The smallest absolute Gasteiger partial charge is 0.862 e. The van der Waals surface area contributed by atoms with Crippen LogP contribution in [0.5, 0.6) is 0 Å². The molecule has 0 spiro atoms. The molecule has 0 N–H and O–H groups in total. The molecule has 0 bridgehead atoms. The van der Waals surface area contributed by atoms with Crippen molar-refractivity contribution in [3.8, 4) is 0 Å². The monoisotopic (exact) mass is 403 g/mol. The Kier molecular flexibility index (Phi) is 10.2. The normalized spacial score (nSPS) is 34.6. The largest absolute Gasteiger partial charge is 1.00 e. The Morgan fingerprint density at radius 1 is 1.11 bits per heavy atom. The molecule has 3 aliphatic rings. The van der Waals surface area contributed by atoms with Crippen LogP contribution in [0.25, 0.3) is 0 Å². The van der Waals surface area contributed by atoms with E-state index in [1.54, 1.807) is 23.5 Å². The van der Waals surface area contributed by atoms with E-state index in [2.05, 4.69) is 4.99 Å². The number of nitrogens with zero attached hydrogens (tertiary/aromatic N) is 1. The van der Waals surface area contributed by atoms with E-state index >= 15 is 0 Å². The van der Waals surface area contributed by atoms with Crippen LogP contribution < -0.4 is 24.0 Å². The van der Waals surface area contributed by atoms with Crippen LogP contribution in [0.15, 0.2) is 4.99 Å². The van der Waals surface area contributed by atoms with Crippen LogP contribution in [0.3, 0.4) is 0 Å². The quantitative estimate of drug-likeness (QED) is 0.331. The summed E-state index contributed by atoms with van der Waals surface area (Å²) in [7, 11) is 0. The summed E-state index contributed by atoms with van der Waals surface area (Å²) in [6.07, 6.45) is 0.219. The molecule has 27 heavy (non-hydrogen) atoms. The van der Waals surface area contributed by atoms with Gasteiger partial charge in [0.2, 0.25) is 0 Å². The second kappa shape index (κ2) is 10.5. The van der Waals surface area contributed by atoms with Crippen molar-refractivity contribution in [3.63, 3.8) is 0 Å². The van der Waals surface area contributed by atoms with Crippen molar-refractivity contribution < 1.29 is 42.9 Å². The van der Waals surface area contributed by atoms with Gasteiger partial charge < -0.3 is 24.1 Å². The van der Waals surface area contributed by atoms with Crippen molar-refractivity contribution >= 4 is 48.3 Å². The fourth-order valence-corrected chi connectivity index (χ4v) is 6.01. The van der Waals surface area contributed by atoms with Gasteiger partial charge in [0.1, 0.15) is 28.9 Å². The first-order valence-corrected chi connectivity index (χ1v) is 10.7. The van der Waals surface area contributed by atoms with E-state index < -0.39 is 11.6 Å². The molecule has 0 aromatic carbocycles. The fraction of sp³-hybridized carbons (Fsp3) is 0.882. The fourth-order valence-electron chi connectivity index (χ4n) is 3.30. The van der Waals surface area contributed by atoms with Gasteiger partial charge in [-0.2, -0.15) is 0 Å². The van der Waals surface area contributed by atoms with Crippen molar-refractivity contribution in [2.24, 2.45) is 4.99 Å². The first-order chi connectivity index (χ1) is 11.7. The average Bonchev–Trinajstić information content (AvgIpc) is 3.04. The zero-order valence-corrected chi connectivity index (χ0v) is 19.1. The summed E-state index contributed by atoms with van der Waals surface area (Å²) in [4.78, 5) is 4.39. The SMILES string of the molecule is CC([O-])=N[C@@H]([C]1SCCCS1)[C@H]1OC(C)(C)O[C@@H]1[C@H]1COC(C)(C)O1.[Li+].[Li]. The maximum absolute atomic E-state index is 11.8. The van der Waals surface area contributed by atoms with Crippen LogP contribution in [-0.2, 0) is 18.9 Å². The minimum atomic E-state index is -0.749. The Hall–Kier alpha value is 1.20. The Bertz CT molecular complexity index is 514. The molecular formula is C17H27Li2NO5S2. The van der Waals surface area contributed by atoms with Crippen LogP contribution >= 0.6 is 23.5 Å². The number of hydrogen-bond donors (Lipinski definition) is 0. The van der Waals surface area contributed by atoms with Gasteiger partial charge in [-0.3, -0.25) is 4.99 Å². The third-order valence-electron chi connectivity index (χ3n) is 4.21. The van der Waals surface area contributed by atoms with Gasteiger partial charge in [-0.1, -0.05) is 0 Å². The number of ether oxygens (including phenoxy) is 4. The Labute approximate surface area is 195 Å². The number of rotatable bonds is 4. The summed E-state index contributed by atoms with van der Waals surface area (Å²) < 4.78 is 25.2. The third kappa shape index (κ3) is 6.86. The van der Waals surface area contributed by atoms with Crippen molar-refractivity contribution in [3.05, 3.63) is 4.58 Å². The molecule has 3 fully saturated rings. The molecule has 3 rings (SSSR count). The molecule has 10 heteroatoms. The van der Waals surface area contributed by atoms with Crippen LogP contribution in [0.2, 0.25) is 0 Å². The summed E-state index contributed by atoms with van der Waals surface area (Å²) in [5.41, 5.74) is 0. The van der Waals surface area contributed by atoms with E-state index in [4.69, 9.17) is 18.9 Å². The predicted octanol–water partition coefficient (Wildman–Crippen LogP) is -1.21. The van der Waals surface area contributed by atoms with Gasteiger partial charge >= 0.3 is 18.9 Å². The Morgan fingerprint density at radius 2 is 1.74 bits per heavy atom. The molecule has 3 aliphatic heterocycles. The van der Waals surface area contributed by atoms with Gasteiger partial charge in [-0.05, 0) is 58.4 Å². The minimum Gasteiger partial charge on any atom is -0.862 e. The zero-order valence-electron chi connectivity index (χ0n) is 17.4. The van der Waals surface area contributed by atoms with Gasteiger partial charge in [0.15, 0.2) is 11.6 Å². The number of thioether (sulfide) groups is 2. The molecule has 6 nitrogen and oxygen atoms in total. The second-order valence-corrected chi connectivity index (χ2v) is 9.93. The molecular weight excluding hydrogens is 376 g/mol. The van der Waals surface area contributed by atoms with Gasteiger partial charge in [-0.15, -0.1) is 23.5 Å². The zero-order chi connectivity index (χ0) is 18.2. The van der Waals surface area contributed by atoms with Gasteiger partial charge in [0.05, 0.1) is 6.61 Å². The molecule has 0 amide bonds. The van der Waals surface area contributed by atoms with E-state index in [9.17, 15) is 5.11 Å². The third-order valence-corrected chi connectivity index (χ3v) is 6.96. The number of aliphatic imine (C=N–C) groups is 1. The predicted molar refractivity (Wildman–Crippen MR) is 104 cm³/mol. The molecule has 3 heterocycles. The van der Waals surface area contributed by atoms with Crippen LogP contribution in [-0.4, -0.2) is 78.8 Å². The van der Waals surface area contributed by atoms with E-state index in [-0.39, 0.29) is 68.0 Å².